The van der Waals surface area contributed by atoms with Crippen LogP contribution in [0.25, 0.3) is 0 Å². The Hall–Kier alpha value is -0.910. The summed E-state index contributed by atoms with van der Waals surface area (Å²) in [7, 11) is 0. The Kier molecular flexibility index (Phi) is 5.11. The molecule has 0 amide bonds. The van der Waals surface area contributed by atoms with Gasteiger partial charge in [-0.05, 0) is 44.9 Å². The highest BCUT2D eigenvalue weighted by atomic mass is 35.5. The van der Waals surface area contributed by atoms with Crippen LogP contribution < -0.4 is 5.32 Å². The molecular formula is C13H16Cl2N2. The molecule has 0 bridgehead atoms. The molecule has 0 aliphatic rings. The molecule has 0 aliphatic carbocycles. The van der Waals surface area contributed by atoms with Gasteiger partial charge in [-0.15, -0.1) is 0 Å². The van der Waals surface area contributed by atoms with Crippen molar-refractivity contribution < 1.29 is 0 Å². The van der Waals surface area contributed by atoms with Gasteiger partial charge in [0.1, 0.15) is 0 Å². The number of rotatable bonds is 5. The Morgan fingerprint density at radius 3 is 2.35 bits per heavy atom. The zero-order chi connectivity index (χ0) is 12.9. The summed E-state index contributed by atoms with van der Waals surface area (Å²) in [6.45, 7) is 4.70. The summed E-state index contributed by atoms with van der Waals surface area (Å²) < 4.78 is 0. The van der Waals surface area contributed by atoms with Crippen molar-refractivity contribution in [1.29, 1.82) is 5.26 Å². The second-order valence-electron chi connectivity index (χ2n) is 4.68. The van der Waals surface area contributed by atoms with Crippen LogP contribution in [0, 0.1) is 16.7 Å². The van der Waals surface area contributed by atoms with Gasteiger partial charge in [0.05, 0.1) is 11.5 Å². The van der Waals surface area contributed by atoms with Crippen molar-refractivity contribution >= 4 is 28.9 Å². The minimum atomic E-state index is -0.256. The van der Waals surface area contributed by atoms with Crippen molar-refractivity contribution in [2.24, 2.45) is 5.41 Å². The standard InChI is InChI=1S/C13H16Cl2N2/c1-13(2,9-16)4-3-5-17-12-7-10(14)6-11(15)8-12/h6-8,17H,3-5H2,1-2H3. The largest absolute Gasteiger partial charge is 0.385 e. The SMILES string of the molecule is CC(C)(C#N)CCCNc1cc(Cl)cc(Cl)c1. The zero-order valence-corrected chi connectivity index (χ0v) is 11.6. The maximum absolute atomic E-state index is 8.88. The Labute approximate surface area is 113 Å². The molecule has 4 heteroatoms. The fourth-order valence-electron chi connectivity index (χ4n) is 1.47. The lowest BCUT2D eigenvalue weighted by molar-refractivity contribution is 0.441. The van der Waals surface area contributed by atoms with E-state index in [-0.39, 0.29) is 5.41 Å². The van der Waals surface area contributed by atoms with Gasteiger partial charge in [0.2, 0.25) is 0 Å². The summed E-state index contributed by atoms with van der Waals surface area (Å²) in [6, 6.07) is 7.66. The van der Waals surface area contributed by atoms with Gasteiger partial charge < -0.3 is 5.32 Å². The zero-order valence-electron chi connectivity index (χ0n) is 10.1. The summed E-state index contributed by atoms with van der Waals surface area (Å²) in [6.07, 6.45) is 1.80. The van der Waals surface area contributed by atoms with Crippen LogP contribution in [0.3, 0.4) is 0 Å². The van der Waals surface area contributed by atoms with E-state index in [4.69, 9.17) is 28.5 Å². The van der Waals surface area contributed by atoms with Crippen LogP contribution in [0.5, 0.6) is 0 Å². The highest BCUT2D eigenvalue weighted by molar-refractivity contribution is 6.35. The van der Waals surface area contributed by atoms with Gasteiger partial charge in [0.15, 0.2) is 0 Å². The van der Waals surface area contributed by atoms with Crippen LogP contribution in [0.1, 0.15) is 26.7 Å². The van der Waals surface area contributed by atoms with Gasteiger partial charge >= 0.3 is 0 Å². The first-order chi connectivity index (χ1) is 7.93. The number of nitriles is 1. The van der Waals surface area contributed by atoms with Gasteiger partial charge in [-0.25, -0.2) is 0 Å². The smallest absolute Gasteiger partial charge is 0.0683 e. The van der Waals surface area contributed by atoms with Crippen LogP contribution in [0.2, 0.25) is 10.0 Å². The van der Waals surface area contributed by atoms with E-state index in [1.54, 1.807) is 6.07 Å². The van der Waals surface area contributed by atoms with Crippen molar-refractivity contribution in [3.05, 3.63) is 28.2 Å². The Balaban J connectivity index is 2.39. The summed E-state index contributed by atoms with van der Waals surface area (Å²) >= 11 is 11.8. The molecule has 17 heavy (non-hydrogen) atoms. The molecule has 0 aromatic heterocycles. The number of hydrogen-bond acceptors (Lipinski definition) is 2. The van der Waals surface area contributed by atoms with Crippen LogP contribution in [-0.2, 0) is 0 Å². The van der Waals surface area contributed by atoms with Crippen LogP contribution in [0.4, 0.5) is 5.69 Å². The van der Waals surface area contributed by atoms with Gasteiger partial charge in [0, 0.05) is 22.3 Å². The third-order valence-corrected chi connectivity index (χ3v) is 2.91. The fraction of sp³-hybridized carbons (Fsp3) is 0.462. The Morgan fingerprint density at radius 2 is 1.82 bits per heavy atom. The van der Waals surface area contributed by atoms with E-state index in [0.717, 1.165) is 25.1 Å². The molecule has 0 radical (unpaired) electrons. The summed E-state index contributed by atoms with van der Waals surface area (Å²) in [5.41, 5.74) is 0.658. The number of anilines is 1. The lowest BCUT2D eigenvalue weighted by Gasteiger charge is -2.15. The van der Waals surface area contributed by atoms with Crippen molar-refractivity contribution in [3.8, 4) is 6.07 Å². The van der Waals surface area contributed by atoms with Crippen molar-refractivity contribution in [1.82, 2.24) is 0 Å². The van der Waals surface area contributed by atoms with E-state index in [1.807, 2.05) is 26.0 Å². The van der Waals surface area contributed by atoms with Gasteiger partial charge in [-0.2, -0.15) is 5.26 Å². The first-order valence-corrected chi connectivity index (χ1v) is 6.30. The van der Waals surface area contributed by atoms with Gasteiger partial charge in [-0.1, -0.05) is 23.2 Å². The molecule has 2 nitrogen and oxygen atoms in total. The molecule has 0 saturated heterocycles. The molecule has 0 heterocycles. The van der Waals surface area contributed by atoms with E-state index in [9.17, 15) is 0 Å². The molecule has 0 saturated carbocycles. The molecule has 0 unspecified atom stereocenters. The summed E-state index contributed by atoms with van der Waals surface area (Å²) in [5.74, 6) is 0. The van der Waals surface area contributed by atoms with Crippen molar-refractivity contribution in [2.45, 2.75) is 26.7 Å². The summed E-state index contributed by atoms with van der Waals surface area (Å²) in [4.78, 5) is 0. The second kappa shape index (κ2) is 6.14. The maximum atomic E-state index is 8.88. The van der Waals surface area contributed by atoms with E-state index in [2.05, 4.69) is 11.4 Å². The molecule has 1 aromatic carbocycles. The molecule has 0 spiro atoms. The minimum absolute atomic E-state index is 0.256. The quantitative estimate of drug-likeness (QED) is 0.785. The van der Waals surface area contributed by atoms with E-state index in [0.29, 0.717) is 10.0 Å². The molecule has 92 valence electrons. The first kappa shape index (κ1) is 14.2. The highest BCUT2D eigenvalue weighted by Crippen LogP contribution is 2.23. The first-order valence-electron chi connectivity index (χ1n) is 5.54. The predicted octanol–water partition coefficient (Wildman–Crippen LogP) is 4.74. The normalized spacial score (nSPS) is 11.0. The van der Waals surface area contributed by atoms with Crippen LogP contribution in [0.15, 0.2) is 18.2 Å². The number of benzene rings is 1. The van der Waals surface area contributed by atoms with Gasteiger partial charge in [0.25, 0.3) is 0 Å². The average Bonchev–Trinajstić information content (AvgIpc) is 2.23. The molecule has 0 atom stereocenters. The number of hydrogen-bond donors (Lipinski definition) is 1. The van der Waals surface area contributed by atoms with Crippen molar-refractivity contribution in [3.63, 3.8) is 0 Å². The Morgan fingerprint density at radius 1 is 1.24 bits per heavy atom. The number of nitrogens with one attached hydrogen (secondary N) is 1. The summed E-state index contributed by atoms with van der Waals surface area (Å²) in [5, 5.41) is 13.4. The third kappa shape index (κ3) is 5.30. The topological polar surface area (TPSA) is 35.8 Å². The molecule has 1 N–H and O–H groups in total. The lowest BCUT2D eigenvalue weighted by atomic mass is 9.90. The highest BCUT2D eigenvalue weighted by Gasteiger charge is 2.15. The second-order valence-corrected chi connectivity index (χ2v) is 5.56. The van der Waals surface area contributed by atoms with Crippen molar-refractivity contribution in [2.75, 3.05) is 11.9 Å². The van der Waals surface area contributed by atoms with Crippen LogP contribution in [-0.4, -0.2) is 6.54 Å². The van der Waals surface area contributed by atoms with E-state index < -0.39 is 0 Å². The minimum Gasteiger partial charge on any atom is -0.385 e. The third-order valence-electron chi connectivity index (χ3n) is 2.47. The van der Waals surface area contributed by atoms with Crippen LogP contribution >= 0.6 is 23.2 Å². The molecule has 1 aromatic rings. The van der Waals surface area contributed by atoms with Gasteiger partial charge in [-0.3, -0.25) is 0 Å². The molecule has 0 fully saturated rings. The molecule has 0 aliphatic heterocycles. The Bertz CT molecular complexity index is 402. The van der Waals surface area contributed by atoms with E-state index in [1.165, 1.54) is 0 Å². The monoisotopic (exact) mass is 270 g/mol. The molecule has 1 rings (SSSR count). The number of halogens is 2. The predicted molar refractivity (Wildman–Crippen MR) is 73.6 cm³/mol. The molecular weight excluding hydrogens is 255 g/mol. The number of nitrogens with zero attached hydrogens (tertiary/aromatic N) is 1. The van der Waals surface area contributed by atoms with E-state index >= 15 is 0 Å². The maximum Gasteiger partial charge on any atom is 0.0683 e. The fourth-order valence-corrected chi connectivity index (χ4v) is 2.00. The average molecular weight is 271 g/mol. The lowest BCUT2D eigenvalue weighted by Crippen LogP contribution is -2.11.